The average Bonchev–Trinajstić information content (AvgIpc) is 2.88. The Bertz CT molecular complexity index is 1620. The Hall–Kier alpha value is -3.15. The van der Waals surface area contributed by atoms with Gasteiger partial charge in [0.05, 0.1) is 37.4 Å². The molecule has 0 aliphatic carbocycles. The summed E-state index contributed by atoms with van der Waals surface area (Å²) < 4.78 is 13.7. The largest absolute Gasteiger partial charge is 0.508 e. The number of nitrogens with zero attached hydrogens (tertiary/aromatic N) is 2. The van der Waals surface area contributed by atoms with Crippen molar-refractivity contribution < 1.29 is 19.7 Å². The molecule has 4 rings (SSSR count). The van der Waals surface area contributed by atoms with Gasteiger partial charge < -0.3 is 28.8 Å². The third-order valence-electron chi connectivity index (χ3n) is 5.86. The van der Waals surface area contributed by atoms with E-state index in [-0.39, 0.29) is 22.6 Å². The number of hydrogen-bond donors (Lipinski definition) is 2. The van der Waals surface area contributed by atoms with Crippen LogP contribution >= 0.6 is 45.8 Å². The van der Waals surface area contributed by atoms with Gasteiger partial charge in [0.15, 0.2) is 0 Å². The van der Waals surface area contributed by atoms with Crippen molar-refractivity contribution in [3.8, 4) is 23.0 Å². The molecule has 11 heteroatoms. The van der Waals surface area contributed by atoms with Crippen molar-refractivity contribution in [3.63, 3.8) is 0 Å². The number of methoxy groups -OCH3 is 2. The van der Waals surface area contributed by atoms with Crippen molar-refractivity contribution in [1.82, 2.24) is 9.13 Å². The summed E-state index contributed by atoms with van der Waals surface area (Å²) in [5.41, 5.74) is 2.71. The van der Waals surface area contributed by atoms with E-state index in [1.807, 2.05) is 34.7 Å². The molecule has 0 saturated carbocycles. The van der Waals surface area contributed by atoms with E-state index in [2.05, 4.69) is 0 Å². The second kappa shape index (κ2) is 13.3. The molecule has 0 atom stereocenters. The van der Waals surface area contributed by atoms with Gasteiger partial charge in [-0.2, -0.15) is 0 Å². The molecule has 0 amide bonds. The molecule has 0 spiro atoms. The smallest absolute Gasteiger partial charge is 0.268 e. The second-order valence-corrected chi connectivity index (χ2v) is 10.5. The Kier molecular flexibility index (Phi) is 10.3. The molecule has 0 aliphatic heterocycles. The predicted octanol–water partition coefficient (Wildman–Crippen LogP) is 5.75. The van der Waals surface area contributed by atoms with Gasteiger partial charge >= 0.3 is 0 Å². The maximum Gasteiger partial charge on any atom is 0.268 e. The van der Waals surface area contributed by atoms with Crippen LogP contribution in [0.15, 0.2) is 64.2 Å². The highest BCUT2D eigenvalue weighted by Crippen LogP contribution is 2.26. The van der Waals surface area contributed by atoms with Gasteiger partial charge in [-0.1, -0.05) is 35.3 Å². The molecule has 8 nitrogen and oxygen atoms in total. The number of aryl methyl sites for hydroxylation is 2. The number of hydrogen-bond acceptors (Lipinski definition) is 6. The Morgan fingerprint density at radius 2 is 1.26 bits per heavy atom. The fourth-order valence-corrected chi connectivity index (χ4v) is 4.83. The summed E-state index contributed by atoms with van der Waals surface area (Å²) in [4.78, 5) is 24.0. The number of aromatic hydroxyl groups is 2. The standard InChI is InChI=1S/C14H13ClINO3.C14H14ClNO3/c1-8-5-11(18)13(16)14(19)17(8)7-9-3-4-12(20-2)10(15)6-9;1-9-5-11(17)7-14(18)16(9)8-10-3-4-13(19-2)12(15)6-10/h3-6,18H,7H2,1-2H3;3-7,17H,8H2,1-2H3. The lowest BCUT2D eigenvalue weighted by atomic mass is 10.2. The maximum absolute atomic E-state index is 12.2. The topological polar surface area (TPSA) is 103 Å². The summed E-state index contributed by atoms with van der Waals surface area (Å²) in [5, 5.41) is 20.0. The van der Waals surface area contributed by atoms with Crippen LogP contribution in [0.2, 0.25) is 10.0 Å². The van der Waals surface area contributed by atoms with Crippen molar-refractivity contribution >= 4 is 45.8 Å². The molecule has 2 N–H and O–H groups in total. The summed E-state index contributed by atoms with van der Waals surface area (Å²) in [6, 6.07) is 15.1. The summed E-state index contributed by atoms with van der Waals surface area (Å²) in [6.07, 6.45) is 0. The quantitative estimate of drug-likeness (QED) is 0.251. The van der Waals surface area contributed by atoms with E-state index in [9.17, 15) is 19.8 Å². The van der Waals surface area contributed by atoms with Gasteiger partial charge in [-0.3, -0.25) is 9.59 Å². The van der Waals surface area contributed by atoms with E-state index in [0.717, 1.165) is 11.1 Å². The molecule has 206 valence electrons. The van der Waals surface area contributed by atoms with Crippen LogP contribution in [0, 0.1) is 17.4 Å². The summed E-state index contributed by atoms with van der Waals surface area (Å²) >= 11 is 14.0. The average molecular weight is 685 g/mol. The van der Waals surface area contributed by atoms with Gasteiger partial charge in [-0.05, 0) is 77.9 Å². The molecular formula is C28H27Cl2IN2O6. The highest BCUT2D eigenvalue weighted by Gasteiger charge is 2.11. The molecular weight excluding hydrogens is 658 g/mol. The van der Waals surface area contributed by atoms with E-state index < -0.39 is 0 Å². The lowest BCUT2D eigenvalue weighted by molar-refractivity contribution is 0.414. The minimum atomic E-state index is -0.246. The molecule has 2 heterocycles. The van der Waals surface area contributed by atoms with Crippen molar-refractivity contribution in [3.05, 3.63) is 111 Å². The van der Waals surface area contributed by atoms with Gasteiger partial charge in [0.2, 0.25) is 0 Å². The van der Waals surface area contributed by atoms with E-state index in [1.54, 1.807) is 73.6 Å². The Labute approximate surface area is 249 Å². The Morgan fingerprint density at radius 3 is 1.72 bits per heavy atom. The lowest BCUT2D eigenvalue weighted by Gasteiger charge is -2.12. The summed E-state index contributed by atoms with van der Waals surface area (Å²) in [5.74, 6) is 1.18. The zero-order valence-electron chi connectivity index (χ0n) is 21.7. The number of pyridine rings is 2. The lowest BCUT2D eigenvalue weighted by Crippen LogP contribution is -2.24. The van der Waals surface area contributed by atoms with Gasteiger partial charge in [-0.25, -0.2) is 0 Å². The number of benzene rings is 2. The monoisotopic (exact) mass is 684 g/mol. The molecule has 0 fully saturated rings. The van der Waals surface area contributed by atoms with Crippen LogP contribution < -0.4 is 20.6 Å². The van der Waals surface area contributed by atoms with Gasteiger partial charge in [0.1, 0.15) is 26.6 Å². The van der Waals surface area contributed by atoms with Gasteiger partial charge in [0.25, 0.3) is 11.1 Å². The Morgan fingerprint density at radius 1 is 0.769 bits per heavy atom. The molecule has 0 saturated heterocycles. The molecule has 4 aromatic rings. The molecule has 0 aliphatic rings. The molecule has 0 bridgehead atoms. The molecule has 2 aromatic carbocycles. The molecule has 0 radical (unpaired) electrons. The van der Waals surface area contributed by atoms with Crippen molar-refractivity contribution in [1.29, 1.82) is 0 Å². The summed E-state index contributed by atoms with van der Waals surface area (Å²) in [6.45, 7) is 4.34. The number of ether oxygens (including phenoxy) is 2. The fraction of sp³-hybridized carbons (Fsp3) is 0.214. The van der Waals surface area contributed by atoms with Crippen LogP contribution in [0.25, 0.3) is 0 Å². The SMILES string of the molecule is COc1ccc(Cn2c(C)cc(O)c(I)c2=O)cc1Cl.COc1ccc(Cn2c(C)cc(O)cc2=O)cc1Cl. The normalized spacial score (nSPS) is 10.5. The third kappa shape index (κ3) is 7.49. The first-order valence-corrected chi connectivity index (χ1v) is 13.4. The minimum absolute atomic E-state index is 0.0112. The van der Waals surface area contributed by atoms with Crippen LogP contribution in [-0.2, 0) is 13.1 Å². The highest BCUT2D eigenvalue weighted by molar-refractivity contribution is 14.1. The van der Waals surface area contributed by atoms with Gasteiger partial charge in [0, 0.05) is 23.5 Å². The first-order valence-electron chi connectivity index (χ1n) is 11.6. The van der Waals surface area contributed by atoms with Gasteiger partial charge in [-0.15, -0.1) is 0 Å². The van der Waals surface area contributed by atoms with Crippen LogP contribution in [0.5, 0.6) is 23.0 Å². The maximum atomic E-state index is 12.2. The number of aromatic nitrogens is 2. The van der Waals surface area contributed by atoms with E-state index >= 15 is 0 Å². The van der Waals surface area contributed by atoms with Crippen LogP contribution in [0.3, 0.4) is 0 Å². The van der Waals surface area contributed by atoms with Crippen molar-refractivity contribution in [2.24, 2.45) is 0 Å². The Balaban J connectivity index is 0.000000216. The van der Waals surface area contributed by atoms with Crippen molar-refractivity contribution in [2.75, 3.05) is 14.2 Å². The molecule has 39 heavy (non-hydrogen) atoms. The van der Waals surface area contributed by atoms with Crippen LogP contribution in [-0.4, -0.2) is 33.6 Å². The van der Waals surface area contributed by atoms with Crippen LogP contribution in [0.4, 0.5) is 0 Å². The minimum Gasteiger partial charge on any atom is -0.508 e. The number of rotatable bonds is 6. The van der Waals surface area contributed by atoms with Crippen LogP contribution in [0.1, 0.15) is 22.5 Å². The van der Waals surface area contributed by atoms with E-state index in [0.29, 0.717) is 49.6 Å². The zero-order valence-corrected chi connectivity index (χ0v) is 25.3. The molecule has 0 unspecified atom stereocenters. The third-order valence-corrected chi connectivity index (χ3v) is 7.47. The highest BCUT2D eigenvalue weighted by atomic mass is 127. The fourth-order valence-electron chi connectivity index (χ4n) is 3.82. The first-order chi connectivity index (χ1) is 18.4. The zero-order chi connectivity index (χ0) is 28.9. The number of halogens is 3. The van der Waals surface area contributed by atoms with Crippen molar-refractivity contribution in [2.45, 2.75) is 26.9 Å². The predicted molar refractivity (Wildman–Crippen MR) is 161 cm³/mol. The molecule has 2 aromatic heterocycles. The van der Waals surface area contributed by atoms with E-state index in [4.69, 9.17) is 32.7 Å². The van der Waals surface area contributed by atoms with E-state index in [1.165, 1.54) is 6.07 Å². The first kappa shape index (κ1) is 30.4. The second-order valence-electron chi connectivity index (χ2n) is 8.59. The summed E-state index contributed by atoms with van der Waals surface area (Å²) in [7, 11) is 3.10.